The number of phenols is 1. The first-order valence-corrected chi connectivity index (χ1v) is 12.9. The van der Waals surface area contributed by atoms with Crippen molar-refractivity contribution in [3.05, 3.63) is 47.2 Å². The molecule has 4 aromatic rings. The van der Waals surface area contributed by atoms with Crippen LogP contribution < -0.4 is 10.2 Å². The van der Waals surface area contributed by atoms with Gasteiger partial charge in [0.15, 0.2) is 5.82 Å². The number of aromatic hydroxyl groups is 1. The SMILES string of the molecule is C#Cc1c(F)ccc2cc(O)cc(-c3nc(N(C)CC)c4c(C5C6CNCC65)nn(C5CC5)c4c3F)c12. The van der Waals surface area contributed by atoms with Crippen LogP contribution in [0.1, 0.15) is 43.0 Å². The minimum Gasteiger partial charge on any atom is -0.508 e. The van der Waals surface area contributed by atoms with Gasteiger partial charge in [0.1, 0.15) is 28.6 Å². The van der Waals surface area contributed by atoms with E-state index in [2.05, 4.69) is 11.2 Å². The van der Waals surface area contributed by atoms with E-state index in [-0.39, 0.29) is 28.6 Å². The molecule has 2 atom stereocenters. The van der Waals surface area contributed by atoms with Gasteiger partial charge in [-0.05, 0) is 68.3 Å². The second kappa shape index (κ2) is 7.90. The topological polar surface area (TPSA) is 66.2 Å². The van der Waals surface area contributed by atoms with Gasteiger partial charge in [0.05, 0.1) is 22.7 Å². The van der Waals surface area contributed by atoms with E-state index in [1.165, 1.54) is 24.3 Å². The molecular weight excluding hydrogens is 472 g/mol. The molecule has 1 saturated heterocycles. The van der Waals surface area contributed by atoms with E-state index in [1.807, 2.05) is 23.6 Å². The normalized spacial score (nSPS) is 22.4. The summed E-state index contributed by atoms with van der Waals surface area (Å²) in [4.78, 5) is 6.87. The Labute approximate surface area is 213 Å². The van der Waals surface area contributed by atoms with Crippen LogP contribution in [-0.2, 0) is 0 Å². The number of hydrogen-bond acceptors (Lipinski definition) is 5. The van der Waals surface area contributed by atoms with Crippen LogP contribution in [0.25, 0.3) is 32.9 Å². The maximum atomic E-state index is 16.8. The van der Waals surface area contributed by atoms with Gasteiger partial charge in [-0.1, -0.05) is 12.0 Å². The number of halogens is 2. The van der Waals surface area contributed by atoms with Gasteiger partial charge in [-0.15, -0.1) is 6.42 Å². The third kappa shape index (κ3) is 3.20. The molecule has 2 aromatic heterocycles. The first-order valence-electron chi connectivity index (χ1n) is 12.9. The summed E-state index contributed by atoms with van der Waals surface area (Å²) in [7, 11) is 1.93. The molecule has 0 radical (unpaired) electrons. The number of benzene rings is 2. The minimum absolute atomic E-state index is 0.0221. The number of fused-ring (bicyclic) bond motifs is 3. The number of hydrogen-bond donors (Lipinski definition) is 2. The number of aromatic nitrogens is 3. The molecule has 2 aliphatic carbocycles. The number of nitrogens with zero attached hydrogens (tertiary/aromatic N) is 4. The van der Waals surface area contributed by atoms with Crippen LogP contribution in [0, 0.1) is 35.8 Å². The molecule has 0 amide bonds. The smallest absolute Gasteiger partial charge is 0.175 e. The Hall–Kier alpha value is -3.70. The molecule has 7 rings (SSSR count). The van der Waals surface area contributed by atoms with Crippen molar-refractivity contribution in [2.75, 3.05) is 31.6 Å². The molecule has 6 nitrogen and oxygen atoms in total. The summed E-state index contributed by atoms with van der Waals surface area (Å²) >= 11 is 0. The Morgan fingerprint density at radius 3 is 2.62 bits per heavy atom. The second-order valence-electron chi connectivity index (χ2n) is 10.6. The lowest BCUT2D eigenvalue weighted by atomic mass is 9.95. The number of rotatable bonds is 5. The molecule has 1 aliphatic heterocycles. The van der Waals surface area contributed by atoms with Gasteiger partial charge in [-0.25, -0.2) is 13.8 Å². The van der Waals surface area contributed by atoms with Gasteiger partial charge in [0, 0.05) is 30.5 Å². The number of phenolic OH excluding ortho intramolecular Hbond substituents is 1. The zero-order chi connectivity index (χ0) is 25.6. The predicted octanol–water partition coefficient (Wildman–Crippen LogP) is 4.94. The van der Waals surface area contributed by atoms with E-state index < -0.39 is 11.6 Å². The number of nitrogens with one attached hydrogen (secondary N) is 1. The standard InChI is InChI=1S/C29H27F2N5O/c1-4-17-21(30)9-6-14-10-16(37)11-18(22(14)17)26-25(31)28-24(29(33-26)35(3)5-2)27(34-36(28)15-7-8-15)23-19-12-32-13-20(19)23/h1,6,9-11,15,19-20,23,32,37H,5,7-8,12-13H2,2-3H3. The summed E-state index contributed by atoms with van der Waals surface area (Å²) in [5, 5.41) is 20.7. The Kier molecular flexibility index (Phi) is 4.80. The fourth-order valence-electron chi connectivity index (χ4n) is 6.20. The molecule has 2 unspecified atom stereocenters. The van der Waals surface area contributed by atoms with Crippen molar-refractivity contribution >= 4 is 27.5 Å². The highest BCUT2D eigenvalue weighted by atomic mass is 19.1. The summed E-state index contributed by atoms with van der Waals surface area (Å²) in [5.74, 6) is 3.23. The molecule has 0 bridgehead atoms. The van der Waals surface area contributed by atoms with Crippen molar-refractivity contribution in [2.45, 2.75) is 31.7 Å². The van der Waals surface area contributed by atoms with Gasteiger partial charge in [0.25, 0.3) is 0 Å². The van der Waals surface area contributed by atoms with Crippen molar-refractivity contribution in [2.24, 2.45) is 11.8 Å². The fourth-order valence-corrected chi connectivity index (χ4v) is 6.20. The van der Waals surface area contributed by atoms with Gasteiger partial charge in [-0.2, -0.15) is 5.10 Å². The maximum Gasteiger partial charge on any atom is 0.175 e. The van der Waals surface area contributed by atoms with Gasteiger partial charge in [0.2, 0.25) is 0 Å². The molecule has 3 fully saturated rings. The Morgan fingerprint density at radius 2 is 1.95 bits per heavy atom. The number of terminal acetylenes is 1. The Bertz CT molecular complexity index is 1640. The highest BCUT2D eigenvalue weighted by molar-refractivity contribution is 6.04. The van der Waals surface area contributed by atoms with Crippen LogP contribution in [-0.4, -0.2) is 46.6 Å². The molecular formula is C29H27F2N5O. The molecule has 37 heavy (non-hydrogen) atoms. The first kappa shape index (κ1) is 22.5. The monoisotopic (exact) mass is 499 g/mol. The lowest BCUT2D eigenvalue weighted by Crippen LogP contribution is -2.19. The van der Waals surface area contributed by atoms with E-state index in [4.69, 9.17) is 16.5 Å². The number of anilines is 1. The van der Waals surface area contributed by atoms with Crippen molar-refractivity contribution in [1.29, 1.82) is 0 Å². The molecule has 188 valence electrons. The molecule has 2 N–H and O–H groups in total. The summed E-state index contributed by atoms with van der Waals surface area (Å²) in [6.07, 6.45) is 7.60. The van der Waals surface area contributed by atoms with Crippen LogP contribution in [0.2, 0.25) is 0 Å². The second-order valence-corrected chi connectivity index (χ2v) is 10.6. The molecule has 8 heteroatoms. The molecule has 0 spiro atoms. The largest absolute Gasteiger partial charge is 0.508 e. The zero-order valence-electron chi connectivity index (χ0n) is 20.7. The van der Waals surface area contributed by atoms with Crippen molar-refractivity contribution in [3.63, 3.8) is 0 Å². The quantitative estimate of drug-likeness (QED) is 0.381. The van der Waals surface area contributed by atoms with Crippen LogP contribution in [0.3, 0.4) is 0 Å². The third-order valence-corrected chi connectivity index (χ3v) is 8.38. The van der Waals surface area contributed by atoms with Gasteiger partial charge in [-0.3, -0.25) is 4.68 Å². The van der Waals surface area contributed by atoms with Crippen molar-refractivity contribution in [3.8, 4) is 29.4 Å². The van der Waals surface area contributed by atoms with Crippen LogP contribution in [0.15, 0.2) is 24.3 Å². The van der Waals surface area contributed by atoms with Gasteiger partial charge >= 0.3 is 0 Å². The van der Waals surface area contributed by atoms with Crippen molar-refractivity contribution in [1.82, 2.24) is 20.1 Å². The van der Waals surface area contributed by atoms with E-state index >= 15 is 4.39 Å². The Balaban J connectivity index is 1.57. The van der Waals surface area contributed by atoms with Crippen LogP contribution >= 0.6 is 0 Å². The molecule has 3 aliphatic rings. The van der Waals surface area contributed by atoms with E-state index in [0.29, 0.717) is 46.4 Å². The van der Waals surface area contributed by atoms with E-state index in [0.717, 1.165) is 37.0 Å². The van der Waals surface area contributed by atoms with Crippen molar-refractivity contribution < 1.29 is 13.9 Å². The van der Waals surface area contributed by atoms with Crippen LogP contribution in [0.5, 0.6) is 5.75 Å². The highest BCUT2D eigenvalue weighted by Crippen LogP contribution is 2.58. The average molecular weight is 500 g/mol. The Morgan fingerprint density at radius 1 is 1.19 bits per heavy atom. The third-order valence-electron chi connectivity index (χ3n) is 8.38. The lowest BCUT2D eigenvalue weighted by Gasteiger charge is -2.20. The summed E-state index contributed by atoms with van der Waals surface area (Å²) in [5.41, 5.74) is 1.70. The van der Waals surface area contributed by atoms with E-state index in [9.17, 15) is 9.50 Å². The number of pyridine rings is 1. The summed E-state index contributed by atoms with van der Waals surface area (Å²) < 4.78 is 33.4. The number of piperidine rings is 1. The molecule has 2 aromatic carbocycles. The molecule has 2 saturated carbocycles. The maximum absolute atomic E-state index is 16.8. The predicted molar refractivity (Wildman–Crippen MR) is 140 cm³/mol. The highest BCUT2D eigenvalue weighted by Gasteiger charge is 2.56. The van der Waals surface area contributed by atoms with Crippen LogP contribution in [0.4, 0.5) is 14.6 Å². The fraction of sp³-hybridized carbons (Fsp3) is 0.379. The minimum atomic E-state index is -0.575. The first-order chi connectivity index (χ1) is 17.9. The average Bonchev–Trinajstić information content (AvgIpc) is 3.77. The summed E-state index contributed by atoms with van der Waals surface area (Å²) in [6.45, 7) is 4.59. The molecule has 3 heterocycles. The lowest BCUT2D eigenvalue weighted by molar-refractivity contribution is 0.476. The van der Waals surface area contributed by atoms with E-state index in [1.54, 1.807) is 0 Å². The summed E-state index contributed by atoms with van der Waals surface area (Å²) in [6, 6.07) is 5.88. The zero-order valence-corrected chi connectivity index (χ0v) is 20.7. The van der Waals surface area contributed by atoms with Gasteiger partial charge < -0.3 is 15.3 Å².